The van der Waals surface area contributed by atoms with Crippen molar-refractivity contribution in [1.82, 2.24) is 5.32 Å². The maximum absolute atomic E-state index is 9.25. The molecule has 0 radical (unpaired) electrons. The van der Waals surface area contributed by atoms with Crippen LogP contribution >= 0.6 is 0 Å². The summed E-state index contributed by atoms with van der Waals surface area (Å²) in [5.74, 6) is 0.833. The van der Waals surface area contributed by atoms with Crippen LogP contribution in [0.4, 0.5) is 0 Å². The summed E-state index contributed by atoms with van der Waals surface area (Å²) < 4.78 is 0. The fourth-order valence-electron chi connectivity index (χ4n) is 2.40. The summed E-state index contributed by atoms with van der Waals surface area (Å²) in [5.41, 5.74) is 8.54. The predicted molar refractivity (Wildman–Crippen MR) is 129 cm³/mol. The van der Waals surface area contributed by atoms with E-state index in [1.165, 1.54) is 0 Å². The number of allylic oxidation sites excluding steroid dienone is 2. The van der Waals surface area contributed by atoms with E-state index in [0.717, 1.165) is 28.2 Å². The molecule has 172 valence electrons. The van der Waals surface area contributed by atoms with Crippen LogP contribution in [0.1, 0.15) is 32.8 Å². The van der Waals surface area contributed by atoms with E-state index in [1.54, 1.807) is 12.3 Å². The molecule has 0 spiro atoms. The molecule has 0 aliphatic rings. The monoisotopic (exact) mass is 430 g/mol. The third-order valence-corrected chi connectivity index (χ3v) is 3.74. The largest absolute Gasteiger partial charge is 0.394 e. The average Bonchev–Trinajstić information content (AvgIpc) is 2.74. The molecule has 2 rings (SSSR count). The highest BCUT2D eigenvalue weighted by molar-refractivity contribution is 5.75. The summed E-state index contributed by atoms with van der Waals surface area (Å²) in [6.07, 6.45) is 2.03. The van der Waals surface area contributed by atoms with Crippen LogP contribution in [0.25, 0.3) is 16.7 Å². The lowest BCUT2D eigenvalue weighted by atomic mass is 10.0. The number of aliphatic hydroxyl groups is 4. The number of hydrogen-bond donors (Lipinski definition) is 6. The van der Waals surface area contributed by atoms with Crippen LogP contribution in [-0.4, -0.2) is 46.1 Å². The molecule has 7 N–H and O–H groups in total. The van der Waals surface area contributed by atoms with Gasteiger partial charge in [0.2, 0.25) is 0 Å². The number of hydrogen-bond acceptors (Lipinski definition) is 6. The standard InChI is InChI=1S/C20H23NO3.C4H10.CH5NO/c1-2-15(13-21-19(14-22)12-20(23)24)17-8-10-18(11-9-17)16-6-4-3-5-7-16;1-4(2)3;2-1-3/h2-11,13,19-24H,1,12,14H2;4H,1-3H3;3H,1-2H2/b15-13+;;/t19-;;/m1../s1. The molecule has 1 atom stereocenters. The van der Waals surface area contributed by atoms with Crippen LogP contribution in [0.2, 0.25) is 0 Å². The molecule has 0 bridgehead atoms. The highest BCUT2D eigenvalue weighted by Crippen LogP contribution is 2.22. The molecular formula is C25H38N2O4. The van der Waals surface area contributed by atoms with Crippen LogP contribution in [-0.2, 0) is 0 Å². The molecule has 2 aromatic rings. The van der Waals surface area contributed by atoms with E-state index in [4.69, 9.17) is 15.3 Å². The number of nitrogens with one attached hydrogen (secondary N) is 1. The molecule has 0 aliphatic heterocycles. The van der Waals surface area contributed by atoms with Gasteiger partial charge in [0.05, 0.1) is 19.4 Å². The van der Waals surface area contributed by atoms with E-state index in [0.29, 0.717) is 0 Å². The average molecular weight is 431 g/mol. The summed E-state index contributed by atoms with van der Waals surface area (Å²) in [6.45, 7) is 9.87. The van der Waals surface area contributed by atoms with Crippen LogP contribution in [0.3, 0.4) is 0 Å². The van der Waals surface area contributed by atoms with E-state index < -0.39 is 12.3 Å². The van der Waals surface area contributed by atoms with Gasteiger partial charge in [0.25, 0.3) is 0 Å². The van der Waals surface area contributed by atoms with E-state index in [-0.39, 0.29) is 19.8 Å². The maximum Gasteiger partial charge on any atom is 0.153 e. The van der Waals surface area contributed by atoms with Crippen molar-refractivity contribution in [2.75, 3.05) is 13.3 Å². The molecule has 0 amide bonds. The Morgan fingerprint density at radius 3 is 1.87 bits per heavy atom. The van der Waals surface area contributed by atoms with Crippen molar-refractivity contribution in [2.45, 2.75) is 39.5 Å². The Bertz CT molecular complexity index is 726. The Kier molecular flexibility index (Phi) is 15.8. The summed E-state index contributed by atoms with van der Waals surface area (Å²) in [5, 5.41) is 37.6. The lowest BCUT2D eigenvalue weighted by Gasteiger charge is -2.16. The zero-order valence-electron chi connectivity index (χ0n) is 18.8. The zero-order chi connectivity index (χ0) is 23.6. The summed E-state index contributed by atoms with van der Waals surface area (Å²) in [7, 11) is 0. The molecule has 31 heavy (non-hydrogen) atoms. The van der Waals surface area contributed by atoms with Crippen molar-refractivity contribution in [3.8, 4) is 11.1 Å². The number of nitrogens with two attached hydrogens (primary N) is 1. The number of rotatable bonds is 8. The van der Waals surface area contributed by atoms with Crippen LogP contribution in [0.15, 0.2) is 73.5 Å². The second-order valence-corrected chi connectivity index (χ2v) is 7.42. The van der Waals surface area contributed by atoms with Gasteiger partial charge < -0.3 is 31.5 Å². The minimum atomic E-state index is -1.46. The molecule has 0 aromatic heterocycles. The van der Waals surface area contributed by atoms with Crippen molar-refractivity contribution in [1.29, 1.82) is 0 Å². The molecule has 0 fully saturated rings. The van der Waals surface area contributed by atoms with Gasteiger partial charge in [-0.15, -0.1) is 0 Å². The van der Waals surface area contributed by atoms with E-state index >= 15 is 0 Å². The molecular weight excluding hydrogens is 392 g/mol. The van der Waals surface area contributed by atoms with Gasteiger partial charge in [-0.05, 0) is 28.2 Å². The highest BCUT2D eigenvalue weighted by Gasteiger charge is 2.10. The normalized spacial score (nSPS) is 11.7. The van der Waals surface area contributed by atoms with Crippen molar-refractivity contribution in [3.05, 3.63) is 79.0 Å². The van der Waals surface area contributed by atoms with Gasteiger partial charge in [0.15, 0.2) is 6.29 Å². The molecule has 0 saturated carbocycles. The Labute approximate surface area is 186 Å². The molecule has 0 aliphatic carbocycles. The Balaban J connectivity index is 0.00000113. The maximum atomic E-state index is 9.25. The fraction of sp³-hybridized carbons (Fsp3) is 0.360. The molecule has 0 saturated heterocycles. The fourth-order valence-corrected chi connectivity index (χ4v) is 2.40. The molecule has 2 aromatic carbocycles. The van der Waals surface area contributed by atoms with Crippen molar-refractivity contribution in [3.63, 3.8) is 0 Å². The Morgan fingerprint density at radius 1 is 0.968 bits per heavy atom. The van der Waals surface area contributed by atoms with Gasteiger partial charge in [-0.25, -0.2) is 0 Å². The van der Waals surface area contributed by atoms with E-state index in [2.05, 4.69) is 50.5 Å². The number of aliphatic hydroxyl groups excluding tert-OH is 3. The first-order chi connectivity index (χ1) is 14.8. The third kappa shape index (κ3) is 13.4. The zero-order valence-corrected chi connectivity index (χ0v) is 18.8. The highest BCUT2D eigenvalue weighted by atomic mass is 16.5. The van der Waals surface area contributed by atoms with Crippen molar-refractivity contribution < 1.29 is 20.4 Å². The van der Waals surface area contributed by atoms with Gasteiger partial charge in [-0.1, -0.05) is 88.0 Å². The second kappa shape index (κ2) is 17.2. The smallest absolute Gasteiger partial charge is 0.153 e. The van der Waals surface area contributed by atoms with Gasteiger partial charge in [-0.2, -0.15) is 0 Å². The summed E-state index contributed by atoms with van der Waals surface area (Å²) in [4.78, 5) is 0. The first kappa shape index (κ1) is 28.5. The first-order valence-corrected chi connectivity index (χ1v) is 10.3. The lowest BCUT2D eigenvalue weighted by molar-refractivity contribution is -0.0539. The molecule has 0 heterocycles. The molecule has 6 heteroatoms. The van der Waals surface area contributed by atoms with Gasteiger partial charge in [0.1, 0.15) is 0 Å². The summed E-state index contributed by atoms with van der Waals surface area (Å²) >= 11 is 0. The Morgan fingerprint density at radius 2 is 1.45 bits per heavy atom. The molecule has 6 nitrogen and oxygen atoms in total. The van der Waals surface area contributed by atoms with Crippen LogP contribution in [0, 0.1) is 5.92 Å². The second-order valence-electron chi connectivity index (χ2n) is 7.42. The topological polar surface area (TPSA) is 119 Å². The minimum Gasteiger partial charge on any atom is -0.394 e. The predicted octanol–water partition coefficient (Wildman–Crippen LogP) is 3.09. The van der Waals surface area contributed by atoms with Gasteiger partial charge >= 0.3 is 0 Å². The van der Waals surface area contributed by atoms with Gasteiger partial charge in [-0.3, -0.25) is 0 Å². The minimum absolute atomic E-state index is 0.0460. The Hall–Kier alpha value is -2.48. The van der Waals surface area contributed by atoms with E-state index in [1.807, 2.05) is 42.5 Å². The van der Waals surface area contributed by atoms with Crippen molar-refractivity contribution in [2.24, 2.45) is 11.7 Å². The molecule has 0 unspecified atom stereocenters. The summed E-state index contributed by atoms with van der Waals surface area (Å²) in [6, 6.07) is 17.8. The number of benzene rings is 2. The van der Waals surface area contributed by atoms with E-state index in [9.17, 15) is 5.11 Å². The van der Waals surface area contributed by atoms with Crippen molar-refractivity contribution >= 4 is 5.57 Å². The van der Waals surface area contributed by atoms with Gasteiger partial charge in [0, 0.05) is 12.6 Å². The van der Waals surface area contributed by atoms with Crippen LogP contribution in [0.5, 0.6) is 0 Å². The SMILES string of the molecule is C=C/C(=C\N[C@@H](CO)CC(O)O)c1ccc(-c2ccccc2)cc1.CC(C)C.NCO. The van der Waals surface area contributed by atoms with Crippen LogP contribution < -0.4 is 11.1 Å². The third-order valence-electron chi connectivity index (χ3n) is 3.74. The quantitative estimate of drug-likeness (QED) is 0.283. The first-order valence-electron chi connectivity index (χ1n) is 10.3. The lowest BCUT2D eigenvalue weighted by Crippen LogP contribution is -2.32.